The molecule has 4 nitrogen and oxygen atoms in total. The molecule has 4 aromatic rings. The molecular weight excluding hydrogens is 475 g/mol. The van der Waals surface area contributed by atoms with Crippen LogP contribution in [-0.2, 0) is 20.7 Å². The Bertz CT molecular complexity index is 1510. The first-order chi connectivity index (χ1) is 17.2. The van der Waals surface area contributed by atoms with E-state index in [1.54, 1.807) is 26.0 Å². The number of ether oxygens (including phenoxy) is 2. The van der Waals surface area contributed by atoms with Crippen molar-refractivity contribution in [1.82, 2.24) is 0 Å². The van der Waals surface area contributed by atoms with Gasteiger partial charge < -0.3 is 9.47 Å². The zero-order valence-corrected chi connectivity index (χ0v) is 21.4. The summed E-state index contributed by atoms with van der Waals surface area (Å²) in [6.45, 7) is 12.6. The SMILES string of the molecule is C=C(C)C(=O)OCCCc1ccc(-c2ccc3c(sc4c(C)c(OC(=O)C(=C)C)ccc43)c2F)cc1. The first kappa shape index (κ1) is 25.3. The fourth-order valence-corrected chi connectivity index (χ4v) is 5.16. The van der Waals surface area contributed by atoms with Gasteiger partial charge in [0.15, 0.2) is 0 Å². The molecule has 1 aromatic heterocycles. The molecule has 3 aromatic carbocycles. The zero-order valence-electron chi connectivity index (χ0n) is 20.6. The molecule has 0 aliphatic carbocycles. The molecule has 0 spiro atoms. The van der Waals surface area contributed by atoms with Crippen LogP contribution in [0.1, 0.15) is 31.4 Å². The summed E-state index contributed by atoms with van der Waals surface area (Å²) >= 11 is 1.36. The van der Waals surface area contributed by atoms with Gasteiger partial charge >= 0.3 is 11.9 Å². The number of halogens is 1. The number of hydrogen-bond acceptors (Lipinski definition) is 5. The number of esters is 2. The van der Waals surface area contributed by atoms with Gasteiger partial charge in [0.1, 0.15) is 11.6 Å². The summed E-state index contributed by atoms with van der Waals surface area (Å²) in [7, 11) is 0. The largest absolute Gasteiger partial charge is 0.462 e. The summed E-state index contributed by atoms with van der Waals surface area (Å²) in [5.74, 6) is -0.680. The molecule has 0 radical (unpaired) electrons. The van der Waals surface area contributed by atoms with Crippen molar-refractivity contribution in [3.63, 3.8) is 0 Å². The molecule has 0 aliphatic rings. The van der Waals surface area contributed by atoms with Crippen molar-refractivity contribution in [2.24, 2.45) is 0 Å². The molecule has 0 aliphatic heterocycles. The molecule has 0 amide bonds. The number of fused-ring (bicyclic) bond motifs is 3. The lowest BCUT2D eigenvalue weighted by Crippen LogP contribution is -2.08. The quantitative estimate of drug-likeness (QED) is 0.107. The number of rotatable bonds is 8. The third-order valence-electron chi connectivity index (χ3n) is 5.96. The van der Waals surface area contributed by atoms with Crippen LogP contribution in [0.5, 0.6) is 5.75 Å². The fraction of sp³-hybridized carbons (Fsp3) is 0.200. The predicted molar refractivity (Wildman–Crippen MR) is 144 cm³/mol. The van der Waals surface area contributed by atoms with Crippen LogP contribution in [-0.4, -0.2) is 18.5 Å². The summed E-state index contributed by atoms with van der Waals surface area (Å²) in [6.07, 6.45) is 1.45. The smallest absolute Gasteiger partial charge is 0.338 e. The van der Waals surface area contributed by atoms with Gasteiger partial charge in [-0.05, 0) is 56.9 Å². The van der Waals surface area contributed by atoms with Gasteiger partial charge in [0.2, 0.25) is 0 Å². The van der Waals surface area contributed by atoms with Gasteiger partial charge in [0.25, 0.3) is 0 Å². The highest BCUT2D eigenvalue weighted by Gasteiger charge is 2.18. The van der Waals surface area contributed by atoms with Gasteiger partial charge in [-0.1, -0.05) is 49.6 Å². The van der Waals surface area contributed by atoms with Gasteiger partial charge in [-0.2, -0.15) is 0 Å². The Hall–Kier alpha value is -3.77. The van der Waals surface area contributed by atoms with Crippen molar-refractivity contribution >= 4 is 43.4 Å². The molecule has 0 N–H and O–H groups in total. The Morgan fingerprint density at radius 1 is 0.889 bits per heavy atom. The normalized spacial score (nSPS) is 11.0. The maximum absolute atomic E-state index is 15.7. The summed E-state index contributed by atoms with van der Waals surface area (Å²) in [5, 5.41) is 1.76. The minimum absolute atomic E-state index is 0.270. The lowest BCUT2D eigenvalue weighted by Gasteiger charge is -2.08. The summed E-state index contributed by atoms with van der Waals surface area (Å²) < 4.78 is 27.7. The van der Waals surface area contributed by atoms with E-state index in [-0.39, 0.29) is 11.8 Å². The molecule has 0 bridgehead atoms. The molecule has 0 unspecified atom stereocenters. The van der Waals surface area contributed by atoms with E-state index < -0.39 is 5.97 Å². The van der Waals surface area contributed by atoms with Gasteiger partial charge in [-0.3, -0.25) is 0 Å². The Morgan fingerprint density at radius 3 is 2.19 bits per heavy atom. The number of benzene rings is 3. The number of thiophene rings is 1. The van der Waals surface area contributed by atoms with E-state index in [1.807, 2.05) is 43.3 Å². The van der Waals surface area contributed by atoms with E-state index in [2.05, 4.69) is 13.2 Å². The van der Waals surface area contributed by atoms with Crippen molar-refractivity contribution in [2.45, 2.75) is 33.6 Å². The maximum atomic E-state index is 15.7. The molecule has 0 saturated carbocycles. The topological polar surface area (TPSA) is 52.6 Å². The Balaban J connectivity index is 1.57. The second-order valence-corrected chi connectivity index (χ2v) is 9.88. The van der Waals surface area contributed by atoms with Crippen molar-refractivity contribution in [3.05, 3.63) is 89.8 Å². The number of hydrogen-bond donors (Lipinski definition) is 0. The van der Waals surface area contributed by atoms with E-state index in [4.69, 9.17) is 9.47 Å². The van der Waals surface area contributed by atoms with Crippen LogP contribution in [0.3, 0.4) is 0 Å². The first-order valence-electron chi connectivity index (χ1n) is 11.6. The lowest BCUT2D eigenvalue weighted by molar-refractivity contribution is -0.139. The highest BCUT2D eigenvalue weighted by atomic mass is 32.1. The van der Waals surface area contributed by atoms with Gasteiger partial charge in [0, 0.05) is 37.7 Å². The zero-order chi connectivity index (χ0) is 26.0. The molecule has 0 atom stereocenters. The maximum Gasteiger partial charge on any atom is 0.338 e. The second kappa shape index (κ2) is 10.5. The average molecular weight is 503 g/mol. The molecule has 6 heteroatoms. The lowest BCUT2D eigenvalue weighted by atomic mass is 10.00. The van der Waals surface area contributed by atoms with Crippen molar-refractivity contribution in [2.75, 3.05) is 6.61 Å². The summed E-state index contributed by atoms with van der Waals surface area (Å²) in [5.41, 5.74) is 3.90. The third-order valence-corrected chi connectivity index (χ3v) is 7.29. The van der Waals surface area contributed by atoms with Crippen LogP contribution in [0.2, 0.25) is 0 Å². The van der Waals surface area contributed by atoms with Gasteiger partial charge in [-0.25, -0.2) is 14.0 Å². The van der Waals surface area contributed by atoms with Crippen molar-refractivity contribution in [3.8, 4) is 16.9 Å². The number of carbonyl (C=O) groups excluding carboxylic acids is 2. The monoisotopic (exact) mass is 502 g/mol. The van der Waals surface area contributed by atoms with Crippen LogP contribution >= 0.6 is 11.3 Å². The van der Waals surface area contributed by atoms with Crippen molar-refractivity contribution in [1.29, 1.82) is 0 Å². The van der Waals surface area contributed by atoms with Crippen LogP contribution in [0, 0.1) is 12.7 Å². The third kappa shape index (κ3) is 5.09. The standard InChI is InChI=1S/C30H27FO4S/c1-17(2)29(32)34-16-6-7-20-8-10-21(11-9-20)22-12-13-24-23-14-15-25(35-30(33)18(3)4)19(5)27(23)36-28(24)26(22)31/h8-15H,1,3,6-7,16H2,2,4-5H3. The minimum atomic E-state index is -0.483. The molecule has 36 heavy (non-hydrogen) atoms. The predicted octanol–water partition coefficient (Wildman–Crippen LogP) is 7.70. The molecular formula is C30H27FO4S. The Labute approximate surface area is 213 Å². The van der Waals surface area contributed by atoms with E-state index in [9.17, 15) is 9.59 Å². The summed E-state index contributed by atoms with van der Waals surface area (Å²) in [6, 6.07) is 15.1. The Kier molecular flexibility index (Phi) is 7.36. The van der Waals surface area contributed by atoms with Crippen molar-refractivity contribution < 1.29 is 23.5 Å². The van der Waals surface area contributed by atoms with E-state index in [0.717, 1.165) is 38.6 Å². The van der Waals surface area contributed by atoms with Crippen LogP contribution < -0.4 is 4.74 Å². The number of aryl methyl sites for hydroxylation is 2. The average Bonchev–Trinajstić information content (AvgIpc) is 3.24. The molecule has 184 valence electrons. The Morgan fingerprint density at radius 2 is 1.53 bits per heavy atom. The summed E-state index contributed by atoms with van der Waals surface area (Å²) in [4.78, 5) is 23.4. The van der Waals surface area contributed by atoms with E-state index in [0.29, 0.717) is 40.2 Å². The molecule has 0 saturated heterocycles. The van der Waals surface area contributed by atoms with Gasteiger partial charge in [-0.15, -0.1) is 11.3 Å². The highest BCUT2D eigenvalue weighted by molar-refractivity contribution is 7.26. The van der Waals surface area contributed by atoms with Crippen LogP contribution in [0.25, 0.3) is 31.3 Å². The second-order valence-electron chi connectivity index (χ2n) is 8.86. The molecule has 0 fully saturated rings. The highest BCUT2D eigenvalue weighted by Crippen LogP contribution is 2.42. The fourth-order valence-electron chi connectivity index (χ4n) is 3.92. The number of carbonyl (C=O) groups is 2. The van der Waals surface area contributed by atoms with Crippen LogP contribution in [0.4, 0.5) is 4.39 Å². The van der Waals surface area contributed by atoms with Gasteiger partial charge in [0.05, 0.1) is 11.3 Å². The van der Waals surface area contributed by atoms with E-state index in [1.165, 1.54) is 11.3 Å². The minimum Gasteiger partial charge on any atom is -0.462 e. The molecule has 1 heterocycles. The van der Waals surface area contributed by atoms with Crippen LogP contribution in [0.15, 0.2) is 72.8 Å². The molecule has 4 rings (SSSR count). The first-order valence-corrected chi connectivity index (χ1v) is 12.4. The van der Waals surface area contributed by atoms with E-state index >= 15 is 4.39 Å².